The fourth-order valence-electron chi connectivity index (χ4n) is 18.5. The van der Waals surface area contributed by atoms with Crippen molar-refractivity contribution in [1.29, 1.82) is 10.5 Å². The number of para-hydroxylation sites is 2. The van der Waals surface area contributed by atoms with E-state index in [0.717, 1.165) is 41.5 Å². The number of unbranched alkanes of at least 4 members (excludes halogenated alkanes) is 2. The summed E-state index contributed by atoms with van der Waals surface area (Å²) >= 11 is 0. The van der Waals surface area contributed by atoms with Crippen molar-refractivity contribution in [3.63, 3.8) is 0 Å². The van der Waals surface area contributed by atoms with E-state index in [4.69, 9.17) is 9.47 Å². The van der Waals surface area contributed by atoms with E-state index < -0.39 is 191 Å². The third kappa shape index (κ3) is 34.9. The molecular formula is C106H155F3N18O17. The van der Waals surface area contributed by atoms with Crippen LogP contribution in [0.1, 0.15) is 256 Å². The maximum Gasteiger partial charge on any atom is 0.573 e. The molecule has 0 aliphatic carbocycles. The molecule has 144 heavy (non-hydrogen) atoms. The molecule has 38 heteroatoms. The van der Waals surface area contributed by atoms with Gasteiger partial charge in [0.05, 0.1) is 29.7 Å². The molecule has 7 rings (SSSR count). The summed E-state index contributed by atoms with van der Waals surface area (Å²) in [7, 11) is 8.19. The third-order valence-electron chi connectivity index (χ3n) is 27.2. The number of likely N-dealkylation sites (N-methyl/N-ethyl adjacent to an activating group) is 6. The monoisotopic (exact) mass is 2010 g/mol. The predicted octanol–water partition coefficient (Wildman–Crippen LogP) is 11.8. The number of rotatable bonds is 37. The van der Waals surface area contributed by atoms with Crippen LogP contribution in [0.5, 0.6) is 5.75 Å². The van der Waals surface area contributed by atoms with Gasteiger partial charge in [0, 0.05) is 104 Å². The lowest BCUT2D eigenvalue weighted by atomic mass is 9.89. The van der Waals surface area contributed by atoms with Gasteiger partial charge in [0.1, 0.15) is 78.3 Å². The number of amides is 12. The van der Waals surface area contributed by atoms with E-state index in [1.54, 1.807) is 78.5 Å². The second kappa shape index (κ2) is 56.1. The van der Waals surface area contributed by atoms with E-state index in [-0.39, 0.29) is 150 Å². The number of halogens is 3. The van der Waals surface area contributed by atoms with Crippen molar-refractivity contribution in [3.05, 3.63) is 108 Å². The summed E-state index contributed by atoms with van der Waals surface area (Å²) in [4.78, 5) is 224. The lowest BCUT2D eigenvalue weighted by Gasteiger charge is -2.36. The number of hydrogen-bond acceptors (Lipinski definition) is 21. The second-order valence-electron chi connectivity index (χ2n) is 41.4. The molecule has 0 bridgehead atoms. The van der Waals surface area contributed by atoms with Crippen LogP contribution in [0.3, 0.4) is 0 Å². The molecule has 5 aromatic rings. The summed E-state index contributed by atoms with van der Waals surface area (Å²) in [6, 6.07) is 7.91. The fraction of sp³-hybridized carbons (Fsp3) is 0.642. The van der Waals surface area contributed by atoms with Gasteiger partial charge in [-0.1, -0.05) is 202 Å². The molecule has 2 fully saturated rings. The summed E-state index contributed by atoms with van der Waals surface area (Å²) in [6.07, 6.45) is -2.62. The highest BCUT2D eigenvalue weighted by Gasteiger charge is 2.46. The van der Waals surface area contributed by atoms with E-state index in [1.165, 1.54) is 92.5 Å². The van der Waals surface area contributed by atoms with Crippen LogP contribution < -0.4 is 36.6 Å². The average molecular weight is 2010 g/mol. The Hall–Kier alpha value is -12.5. The van der Waals surface area contributed by atoms with Crippen molar-refractivity contribution < 1.29 is 94.5 Å². The maximum atomic E-state index is 16.4. The summed E-state index contributed by atoms with van der Waals surface area (Å²) < 4.78 is 60.6. The van der Waals surface area contributed by atoms with Crippen molar-refractivity contribution in [2.24, 2.45) is 47.3 Å². The quantitative estimate of drug-likeness (QED) is 0.0201. The first-order valence-corrected chi connectivity index (χ1v) is 50.9. The lowest BCUT2D eigenvalue weighted by molar-refractivity contribution is -0.274. The molecule has 0 spiro atoms. The molecule has 12 amide bonds. The molecule has 0 saturated carbocycles. The molecule has 6 N–H and O–H groups in total. The van der Waals surface area contributed by atoms with Gasteiger partial charge in [-0.15, -0.1) is 18.3 Å². The zero-order chi connectivity index (χ0) is 107. The first-order chi connectivity index (χ1) is 67.9. The Bertz CT molecular complexity index is 5250. The zero-order valence-electron chi connectivity index (χ0n) is 88.1. The minimum atomic E-state index is -5.01. The highest BCUT2D eigenvalue weighted by atomic mass is 19.4. The Labute approximate surface area is 846 Å². The number of hydrogen-bond donors (Lipinski definition) is 6. The topological polar surface area (TPSA) is 442 Å². The second-order valence-corrected chi connectivity index (χ2v) is 41.4. The first-order valence-electron chi connectivity index (χ1n) is 50.9. The van der Waals surface area contributed by atoms with Crippen molar-refractivity contribution in [3.8, 4) is 23.6 Å². The van der Waals surface area contributed by atoms with E-state index in [2.05, 4.69) is 46.9 Å². The summed E-state index contributed by atoms with van der Waals surface area (Å²) in [5.41, 5.74) is 2.21. The van der Waals surface area contributed by atoms with Crippen molar-refractivity contribution >= 4 is 93.7 Å². The molecule has 4 heterocycles. The van der Waals surface area contributed by atoms with Gasteiger partial charge in [-0.05, 0) is 154 Å². The normalized spacial score (nSPS) is 23.8. The maximum absolute atomic E-state index is 16.4. The number of benzene rings is 3. The molecule has 3 aromatic carbocycles. The summed E-state index contributed by atoms with van der Waals surface area (Å²) in [6.45, 7) is 28.7. The lowest BCUT2D eigenvalue weighted by Crippen LogP contribution is -2.60. The van der Waals surface area contributed by atoms with Crippen molar-refractivity contribution in [2.75, 3.05) is 42.3 Å². The minimum Gasteiger partial charge on any atom is -0.451 e. The standard InChI is InChI=1S/C106H155F3N18O17/c1-23-25-35-67(11)53-81-98(134)120(17)71(15)105(141)143-91(44-34-48-111)97(133)117-84(54-68(12)36-26-24-2)103(139)123(20)87(52-66(9)10)93(129)115-83(102(138)125(22)89(95(131)114-81)59-75-62-127(119-118-75)76-38-28-27-29-39-76)56-70(14)46-45-69(13)55-82-99(135)121(18)72(16)104(140)142-90(43-33-47-110)96(132)116-80(50-64(5)6)101(137)122(19)86(51-65(7)8)92(128)112-79(49-63(3)4)100(136)124(21)88(94(130)113-82)58-74-61-126(85-42-31-30-41-78(74)85)60-73-37-32-40-77(57-73)144-106(107,108)109/h27-32,37-42,57,61-72,79-84,86-91H,23-26,33-36,43-46,49-56,58-60H2,1-22H3,(H,112,128)(H,113,130)(H,114,131)(H,115,129)(H,116,132)(H,117,133)/t67-,68+,69?,70-,71-,72-,79-,80-,81-,82-,83-,84-,86-,87-,88-,89-,90+,91+/m0/s1. The number of fused-ring (bicyclic) bond motifs is 1. The number of aromatic nitrogens is 4. The van der Waals surface area contributed by atoms with E-state index in [0.29, 0.717) is 40.6 Å². The van der Waals surface area contributed by atoms with E-state index in [9.17, 15) is 42.9 Å². The Morgan fingerprint density at radius 1 is 0.424 bits per heavy atom. The predicted molar refractivity (Wildman–Crippen MR) is 536 cm³/mol. The molecule has 2 saturated heterocycles. The van der Waals surface area contributed by atoms with Crippen LogP contribution in [0.15, 0.2) is 91.3 Å². The Kier molecular flexibility index (Phi) is 46.1. The molecule has 2 aliphatic rings. The number of cyclic esters (lactones) is 2. The average Bonchev–Trinajstić information content (AvgIpc) is 1.63. The number of nitriles is 2. The van der Waals surface area contributed by atoms with Crippen molar-refractivity contribution in [2.45, 2.75) is 350 Å². The number of alkyl halides is 3. The smallest absolute Gasteiger partial charge is 0.451 e. The summed E-state index contributed by atoms with van der Waals surface area (Å²) in [5.74, 6) is -15.3. The minimum absolute atomic E-state index is 0.00349. The molecule has 0 radical (unpaired) electrons. The Morgan fingerprint density at radius 3 is 1.18 bits per heavy atom. The van der Waals surface area contributed by atoms with Gasteiger partial charge in [-0.3, -0.25) is 57.5 Å². The number of ether oxygens (including phenoxy) is 3. The SMILES string of the molecule is CCCC[C@@H](C)C[C@@H]1NC(=O)[C@@H](CCC#N)OC(=O)[C@H](C)N(C)C(=O)[C@H](C[C@@H](C)CCCC)NC(=O)[C@H](Cc2cn(-c3ccccc3)nn2)N(C)C(=O)[C@H](C[C@@H](C)CCC(C)C[C@@H]2NC(=O)[C@H](Cc3cn(Cc4cccc(OC(F)(F)F)c4)c4ccccc34)N(C)C(=O)[C@H](CC(C)C)NC(=O)[C@H](CC(C)C)N(C)C(=O)[C@H](CC(C)C)NC(=O)[C@@H](CCC#N)OC(=O)[C@H](C)N(C)C2=O)NC(=O)[C@H](CC(C)C)N(C)C1=O. The molecule has 792 valence electrons. The van der Waals surface area contributed by atoms with Crippen LogP contribution in [0.4, 0.5) is 13.2 Å². The van der Waals surface area contributed by atoms with Crippen LogP contribution in [0, 0.1) is 70.0 Å². The fourth-order valence-corrected chi connectivity index (χ4v) is 18.5. The number of nitrogens with one attached hydrogen (secondary N) is 6. The first kappa shape index (κ1) is 118. The zero-order valence-corrected chi connectivity index (χ0v) is 88.1. The van der Waals surface area contributed by atoms with Crippen LogP contribution in [-0.2, 0) is 96.0 Å². The number of carbonyl (C=O) groups excluding carboxylic acids is 14. The van der Waals surface area contributed by atoms with Gasteiger partial charge >= 0.3 is 18.3 Å². The van der Waals surface area contributed by atoms with Crippen molar-refractivity contribution in [1.82, 2.24) is 80.9 Å². The van der Waals surface area contributed by atoms with Crippen LogP contribution in [0.2, 0.25) is 0 Å². The molecular weight excluding hydrogens is 1850 g/mol. The highest BCUT2D eigenvalue weighted by Crippen LogP contribution is 2.33. The highest BCUT2D eigenvalue weighted by molar-refractivity contribution is 6.00. The molecule has 1 unspecified atom stereocenters. The van der Waals surface area contributed by atoms with Crippen LogP contribution >= 0.6 is 0 Å². The Balaban J connectivity index is 1.41. The van der Waals surface area contributed by atoms with Gasteiger partial charge in [0.2, 0.25) is 59.1 Å². The Morgan fingerprint density at radius 2 is 0.785 bits per heavy atom. The molecule has 35 nitrogen and oxygen atoms in total. The van der Waals surface area contributed by atoms with Gasteiger partial charge in [0.25, 0.3) is 11.8 Å². The van der Waals surface area contributed by atoms with Gasteiger partial charge in [-0.25, -0.2) is 14.3 Å². The summed E-state index contributed by atoms with van der Waals surface area (Å²) in [5, 5.41) is 46.8. The number of esters is 2. The van der Waals surface area contributed by atoms with Gasteiger partial charge in [-0.2, -0.15) is 10.5 Å². The van der Waals surface area contributed by atoms with Gasteiger partial charge in [0.15, 0.2) is 12.2 Å². The largest absolute Gasteiger partial charge is 0.573 e. The molecule has 18 atom stereocenters. The molecule has 2 aliphatic heterocycles. The number of carbonyl (C=O) groups is 14. The number of nitrogens with zero attached hydrogens (tertiary/aromatic N) is 12. The third-order valence-corrected chi connectivity index (χ3v) is 27.2. The van der Waals surface area contributed by atoms with Crippen LogP contribution in [0.25, 0.3) is 16.6 Å². The van der Waals surface area contributed by atoms with E-state index in [1.807, 2.05) is 108 Å². The molecule has 2 aromatic heterocycles. The van der Waals surface area contributed by atoms with Gasteiger partial charge < -0.3 is 80.1 Å². The van der Waals surface area contributed by atoms with E-state index >= 15 is 47.9 Å². The van der Waals surface area contributed by atoms with Crippen LogP contribution in [-0.4, -0.2) is 265 Å².